The molecule has 0 aliphatic heterocycles. The SMILES string of the molecule is CCCCCC(C=O)C1(OC)C=CCC=C1C. The molecule has 0 aromatic carbocycles. The maximum absolute atomic E-state index is 11.4. The first-order valence-electron chi connectivity index (χ1n) is 6.56. The van der Waals surface area contributed by atoms with Gasteiger partial charge in [-0.05, 0) is 25.3 Å². The second-order valence-electron chi connectivity index (χ2n) is 4.76. The van der Waals surface area contributed by atoms with Crippen LogP contribution in [-0.4, -0.2) is 19.0 Å². The Labute approximate surface area is 105 Å². The normalized spacial score (nSPS) is 25.5. The summed E-state index contributed by atoms with van der Waals surface area (Å²) in [5.41, 5.74) is 0.671. The average molecular weight is 236 g/mol. The van der Waals surface area contributed by atoms with Crippen molar-refractivity contribution in [3.05, 3.63) is 23.8 Å². The van der Waals surface area contributed by atoms with Gasteiger partial charge in [-0.2, -0.15) is 0 Å². The molecule has 0 amide bonds. The largest absolute Gasteiger partial charge is 0.369 e. The molecule has 2 heteroatoms. The molecule has 17 heavy (non-hydrogen) atoms. The molecule has 1 aliphatic carbocycles. The van der Waals surface area contributed by atoms with E-state index in [1.54, 1.807) is 7.11 Å². The van der Waals surface area contributed by atoms with Crippen LogP contribution in [0.4, 0.5) is 0 Å². The minimum atomic E-state index is -0.492. The Hall–Kier alpha value is -0.890. The first-order valence-corrected chi connectivity index (χ1v) is 6.56. The fourth-order valence-corrected chi connectivity index (χ4v) is 2.57. The standard InChI is InChI=1S/C15H24O2/c1-4-5-6-10-14(12-16)15(17-3)11-8-7-9-13(15)2/h8-9,11-12,14H,4-7,10H2,1-3H3. The number of ether oxygens (including phenoxy) is 1. The predicted octanol–water partition coefficient (Wildman–Crippen LogP) is 3.67. The summed E-state index contributed by atoms with van der Waals surface area (Å²) in [7, 11) is 1.70. The van der Waals surface area contributed by atoms with Gasteiger partial charge >= 0.3 is 0 Å². The molecule has 0 N–H and O–H groups in total. The lowest BCUT2D eigenvalue weighted by atomic mass is 9.76. The van der Waals surface area contributed by atoms with E-state index in [9.17, 15) is 4.79 Å². The maximum atomic E-state index is 11.4. The van der Waals surface area contributed by atoms with Crippen molar-refractivity contribution in [2.45, 2.75) is 51.6 Å². The molecule has 0 aromatic rings. The summed E-state index contributed by atoms with van der Waals surface area (Å²) in [6.45, 7) is 4.23. The molecule has 0 radical (unpaired) electrons. The summed E-state index contributed by atoms with van der Waals surface area (Å²) in [6.07, 6.45) is 12.7. The van der Waals surface area contributed by atoms with Crippen molar-refractivity contribution in [2.75, 3.05) is 7.11 Å². The van der Waals surface area contributed by atoms with Crippen molar-refractivity contribution in [3.63, 3.8) is 0 Å². The Balaban J connectivity index is 2.81. The van der Waals surface area contributed by atoms with Gasteiger partial charge in [0, 0.05) is 7.11 Å². The highest BCUT2D eigenvalue weighted by molar-refractivity contribution is 5.59. The number of carbonyl (C=O) groups excluding carboxylic acids is 1. The zero-order chi connectivity index (χ0) is 12.7. The lowest BCUT2D eigenvalue weighted by Gasteiger charge is -2.37. The molecular formula is C15H24O2. The van der Waals surface area contributed by atoms with E-state index >= 15 is 0 Å². The predicted molar refractivity (Wildman–Crippen MR) is 71.0 cm³/mol. The zero-order valence-electron chi connectivity index (χ0n) is 11.2. The molecular weight excluding hydrogens is 212 g/mol. The molecule has 2 unspecified atom stereocenters. The summed E-state index contributed by atoms with van der Waals surface area (Å²) in [4.78, 5) is 11.4. The number of rotatable bonds is 7. The highest BCUT2D eigenvalue weighted by atomic mass is 16.5. The molecule has 0 aromatic heterocycles. The van der Waals surface area contributed by atoms with E-state index in [2.05, 4.69) is 32.1 Å². The van der Waals surface area contributed by atoms with Crippen molar-refractivity contribution in [2.24, 2.45) is 5.92 Å². The number of hydrogen-bond acceptors (Lipinski definition) is 2. The first-order chi connectivity index (χ1) is 8.21. The molecule has 0 bridgehead atoms. The Kier molecular flexibility index (Phi) is 5.63. The van der Waals surface area contributed by atoms with Crippen molar-refractivity contribution < 1.29 is 9.53 Å². The molecule has 1 rings (SSSR count). The van der Waals surface area contributed by atoms with Gasteiger partial charge in [0.25, 0.3) is 0 Å². The van der Waals surface area contributed by atoms with E-state index in [1.165, 1.54) is 12.8 Å². The summed E-state index contributed by atoms with van der Waals surface area (Å²) in [5.74, 6) is -0.0631. The van der Waals surface area contributed by atoms with E-state index in [4.69, 9.17) is 4.74 Å². The molecule has 0 fully saturated rings. The molecule has 2 nitrogen and oxygen atoms in total. The molecule has 0 spiro atoms. The van der Waals surface area contributed by atoms with Crippen molar-refractivity contribution in [3.8, 4) is 0 Å². The molecule has 0 saturated heterocycles. The number of aldehydes is 1. The number of carbonyl (C=O) groups is 1. The highest BCUT2D eigenvalue weighted by Crippen LogP contribution is 2.36. The summed E-state index contributed by atoms with van der Waals surface area (Å²) < 4.78 is 5.69. The zero-order valence-corrected chi connectivity index (χ0v) is 11.2. The van der Waals surface area contributed by atoms with Crippen LogP contribution in [0, 0.1) is 5.92 Å². The van der Waals surface area contributed by atoms with Crippen LogP contribution in [0.25, 0.3) is 0 Å². The molecule has 0 heterocycles. The lowest BCUT2D eigenvalue weighted by molar-refractivity contribution is -0.117. The highest BCUT2D eigenvalue weighted by Gasteiger charge is 2.38. The fourth-order valence-electron chi connectivity index (χ4n) is 2.57. The van der Waals surface area contributed by atoms with E-state index in [1.807, 2.05) is 0 Å². The minimum absolute atomic E-state index is 0.0631. The first kappa shape index (κ1) is 14.2. The van der Waals surface area contributed by atoms with Gasteiger partial charge in [-0.15, -0.1) is 0 Å². The Morgan fingerprint density at radius 3 is 2.82 bits per heavy atom. The van der Waals surface area contributed by atoms with Crippen LogP contribution in [0.2, 0.25) is 0 Å². The van der Waals surface area contributed by atoms with E-state index < -0.39 is 5.60 Å². The third kappa shape index (κ3) is 3.06. The van der Waals surface area contributed by atoms with Gasteiger partial charge in [0.05, 0.1) is 5.92 Å². The number of hydrogen-bond donors (Lipinski definition) is 0. The Morgan fingerprint density at radius 2 is 2.29 bits per heavy atom. The van der Waals surface area contributed by atoms with Gasteiger partial charge in [0.2, 0.25) is 0 Å². The quantitative estimate of drug-likeness (QED) is 0.383. The smallest absolute Gasteiger partial charge is 0.126 e. The second kappa shape index (κ2) is 6.75. The molecule has 96 valence electrons. The number of unbranched alkanes of at least 4 members (excludes halogenated alkanes) is 2. The van der Waals surface area contributed by atoms with Gasteiger partial charge in [-0.3, -0.25) is 0 Å². The monoisotopic (exact) mass is 236 g/mol. The summed E-state index contributed by atoms with van der Waals surface area (Å²) >= 11 is 0. The van der Waals surface area contributed by atoms with Gasteiger partial charge in [-0.25, -0.2) is 0 Å². The van der Waals surface area contributed by atoms with Crippen LogP contribution in [0.1, 0.15) is 46.0 Å². The van der Waals surface area contributed by atoms with Gasteiger partial charge in [-0.1, -0.05) is 44.4 Å². The third-order valence-corrected chi connectivity index (χ3v) is 3.71. The third-order valence-electron chi connectivity index (χ3n) is 3.71. The molecule has 1 aliphatic rings. The van der Waals surface area contributed by atoms with Gasteiger partial charge in [0.15, 0.2) is 0 Å². The van der Waals surface area contributed by atoms with E-state index in [-0.39, 0.29) is 5.92 Å². The van der Waals surface area contributed by atoms with Gasteiger partial charge < -0.3 is 9.53 Å². The van der Waals surface area contributed by atoms with Crippen LogP contribution in [0.15, 0.2) is 23.8 Å². The van der Waals surface area contributed by atoms with E-state index in [0.29, 0.717) is 0 Å². The topological polar surface area (TPSA) is 26.3 Å². The number of methoxy groups -OCH3 is 1. The molecule has 2 atom stereocenters. The van der Waals surface area contributed by atoms with Crippen molar-refractivity contribution in [1.82, 2.24) is 0 Å². The Morgan fingerprint density at radius 1 is 1.53 bits per heavy atom. The fraction of sp³-hybridized carbons (Fsp3) is 0.667. The van der Waals surface area contributed by atoms with Crippen molar-refractivity contribution >= 4 is 6.29 Å². The minimum Gasteiger partial charge on any atom is -0.369 e. The van der Waals surface area contributed by atoms with Gasteiger partial charge in [0.1, 0.15) is 11.9 Å². The summed E-state index contributed by atoms with van der Waals surface area (Å²) in [5, 5.41) is 0. The van der Waals surface area contributed by atoms with Crippen LogP contribution in [0.3, 0.4) is 0 Å². The maximum Gasteiger partial charge on any atom is 0.126 e. The van der Waals surface area contributed by atoms with Crippen LogP contribution in [-0.2, 0) is 9.53 Å². The Bertz CT molecular complexity index is 304. The molecule has 0 saturated carbocycles. The van der Waals surface area contributed by atoms with Crippen LogP contribution in [0.5, 0.6) is 0 Å². The van der Waals surface area contributed by atoms with Crippen LogP contribution < -0.4 is 0 Å². The van der Waals surface area contributed by atoms with Crippen molar-refractivity contribution in [1.29, 1.82) is 0 Å². The second-order valence-corrected chi connectivity index (χ2v) is 4.76. The average Bonchev–Trinajstić information content (AvgIpc) is 2.36. The lowest BCUT2D eigenvalue weighted by Crippen LogP contribution is -2.41. The van der Waals surface area contributed by atoms with E-state index in [0.717, 1.165) is 31.1 Å². The summed E-state index contributed by atoms with van der Waals surface area (Å²) in [6, 6.07) is 0. The van der Waals surface area contributed by atoms with Crippen LogP contribution >= 0.6 is 0 Å². The number of allylic oxidation sites excluding steroid dienone is 2.